The van der Waals surface area contributed by atoms with Gasteiger partial charge in [-0.2, -0.15) is 0 Å². The summed E-state index contributed by atoms with van der Waals surface area (Å²) in [5.74, 6) is -0.650. The number of aryl methyl sites for hydroxylation is 2. The van der Waals surface area contributed by atoms with E-state index in [1.807, 2.05) is 78.3 Å². The molecule has 0 saturated carbocycles. The number of aromatic nitrogens is 2. The summed E-state index contributed by atoms with van der Waals surface area (Å²) in [6, 6.07) is 33.6. The summed E-state index contributed by atoms with van der Waals surface area (Å²) in [6.45, 7) is 17.7. The predicted molar refractivity (Wildman–Crippen MR) is 446 cm³/mol. The number of carbonyl (C=O) groups excluding carboxylic acids is 11. The molecular weight excluding hydrogens is 1480 g/mol. The number of nitro groups is 1. The van der Waals surface area contributed by atoms with Crippen molar-refractivity contribution in [3.63, 3.8) is 0 Å². The zero-order chi connectivity index (χ0) is 82.0. The number of nitrogen functional groups attached to an aromatic ring is 1. The fourth-order valence-electron chi connectivity index (χ4n) is 15.7. The molecule has 30 heteroatoms. The minimum atomic E-state index is -0.469. The number of carbonyl (C=O) groups is 11. The summed E-state index contributed by atoms with van der Waals surface area (Å²) >= 11 is 0. The standard InChI is InChI=1S/2C26H31N5O3.C10H10N2O2.C8H6N2O3.C8H8N2O.C8H7NO/c2*1-16-23(15-20-19-14-18(27-17(2)32)7-8-21(19)29-25(20)33)28-22-6-5-11-31(26(34)24(16)22)13-12-30-9-3-4-10-30;1-6(13)11-8-2-3-9-7(4-8)5-10(14)12-9;11-8-4-5-3-6(10(12)13)1-2-7(5)9-8;9-6-1-2-7-5(3-6)4-8(11)10-7;10-8-5-6-3-1-2-4-7(6)9-8/h2*7-8,14-15,28H,3-6,9-13H2,1-2H3,(H,27,32)(H,29,33);2-4H,5H2,1H3,(H,11,13)(H,12,14);1-3H,4H2,(H,9,11);1-3H,4,9H2,(H,10,11);1-4H,5H2,(H,9,10)/b2*20-15-;;;;. The number of non-ortho nitro benzene ring substituents is 1. The number of amides is 11. The number of H-pyrrole nitrogens is 2. The lowest BCUT2D eigenvalue weighted by Crippen LogP contribution is -2.38. The van der Waals surface area contributed by atoms with Crippen molar-refractivity contribution in [3.8, 4) is 0 Å². The molecule has 2 aromatic heterocycles. The molecule has 0 atom stereocenters. The highest BCUT2D eigenvalue weighted by Gasteiger charge is 2.34. The first-order chi connectivity index (χ1) is 55.7. The monoisotopic (exact) mass is 1570 g/mol. The van der Waals surface area contributed by atoms with Gasteiger partial charge >= 0.3 is 0 Å². The first kappa shape index (κ1) is 80.7. The molecule has 11 amide bonds. The van der Waals surface area contributed by atoms with Crippen LogP contribution in [0.15, 0.2) is 115 Å². The number of para-hydroxylation sites is 1. The average Bonchev–Trinajstić information content (AvgIpc) is 1.62. The van der Waals surface area contributed by atoms with E-state index in [2.05, 4.69) is 67.6 Å². The lowest BCUT2D eigenvalue weighted by Gasteiger charge is -2.24. The Morgan fingerprint density at radius 1 is 0.440 bits per heavy atom. The summed E-state index contributed by atoms with van der Waals surface area (Å²) in [5, 5.41) is 35.2. The summed E-state index contributed by atoms with van der Waals surface area (Å²) in [4.78, 5) is 155. The molecule has 18 rings (SSSR count). The molecule has 116 heavy (non-hydrogen) atoms. The molecule has 0 bridgehead atoms. The minimum Gasteiger partial charge on any atom is -0.399 e. The molecule has 10 aliphatic heterocycles. The highest BCUT2D eigenvalue weighted by Crippen LogP contribution is 2.40. The average molecular weight is 1570 g/mol. The number of hydrogen-bond donors (Lipinski definition) is 12. The second kappa shape index (κ2) is 35.8. The van der Waals surface area contributed by atoms with E-state index >= 15 is 0 Å². The maximum Gasteiger partial charge on any atom is 0.269 e. The third-order valence-electron chi connectivity index (χ3n) is 21.4. The number of aromatic amines is 2. The van der Waals surface area contributed by atoms with Crippen LogP contribution in [0.25, 0.3) is 23.3 Å². The Morgan fingerprint density at radius 2 is 0.819 bits per heavy atom. The van der Waals surface area contributed by atoms with Crippen LogP contribution >= 0.6 is 0 Å². The van der Waals surface area contributed by atoms with Gasteiger partial charge in [-0.1, -0.05) is 18.2 Å². The number of hydrogen-bond acceptors (Lipinski definition) is 16. The molecule has 0 spiro atoms. The van der Waals surface area contributed by atoms with Crippen molar-refractivity contribution in [1.82, 2.24) is 29.6 Å². The third kappa shape index (κ3) is 19.5. The minimum absolute atomic E-state index is 0.0000231. The molecule has 2 fully saturated rings. The van der Waals surface area contributed by atoms with Crippen molar-refractivity contribution >= 4 is 151 Å². The first-order valence-electron chi connectivity index (χ1n) is 38.9. The van der Waals surface area contributed by atoms with Crippen LogP contribution in [0.1, 0.15) is 147 Å². The van der Waals surface area contributed by atoms with Gasteiger partial charge in [0.25, 0.3) is 29.3 Å². The van der Waals surface area contributed by atoms with E-state index < -0.39 is 4.92 Å². The molecule has 0 unspecified atom stereocenters. The van der Waals surface area contributed by atoms with E-state index in [4.69, 9.17) is 5.73 Å². The van der Waals surface area contributed by atoms with E-state index in [-0.39, 0.29) is 77.1 Å². The molecule has 2 saturated heterocycles. The lowest BCUT2D eigenvalue weighted by atomic mass is 10.0. The van der Waals surface area contributed by atoms with Gasteiger partial charge in [0.15, 0.2) is 0 Å². The Balaban J connectivity index is 0.000000131. The maximum atomic E-state index is 13.5. The number of nitrogens with one attached hydrogen (secondary N) is 11. The van der Waals surface area contributed by atoms with Crippen LogP contribution in [0, 0.1) is 24.0 Å². The van der Waals surface area contributed by atoms with E-state index in [9.17, 15) is 62.9 Å². The number of nitro benzene ring substituents is 1. The van der Waals surface area contributed by atoms with E-state index in [1.165, 1.54) is 58.6 Å². The number of nitrogens with zero attached hydrogens (tertiary/aromatic N) is 5. The number of anilines is 10. The molecule has 30 nitrogen and oxygen atoms in total. The van der Waals surface area contributed by atoms with Crippen LogP contribution in [-0.4, -0.2) is 165 Å². The van der Waals surface area contributed by atoms with Gasteiger partial charge in [-0.25, -0.2) is 0 Å². The van der Waals surface area contributed by atoms with Gasteiger partial charge in [0.1, 0.15) is 0 Å². The molecule has 600 valence electrons. The van der Waals surface area contributed by atoms with Crippen molar-refractivity contribution in [1.29, 1.82) is 0 Å². The second-order valence-corrected chi connectivity index (χ2v) is 30.0. The van der Waals surface area contributed by atoms with Crippen molar-refractivity contribution in [2.45, 2.75) is 112 Å². The Morgan fingerprint density at radius 3 is 1.25 bits per heavy atom. The van der Waals surface area contributed by atoms with Gasteiger partial charge in [0.05, 0.1) is 52.9 Å². The fourth-order valence-corrected chi connectivity index (χ4v) is 15.7. The number of rotatable bonds is 12. The first-order valence-corrected chi connectivity index (χ1v) is 38.9. The maximum absolute atomic E-state index is 13.5. The highest BCUT2D eigenvalue weighted by atomic mass is 16.6. The van der Waals surface area contributed by atoms with Gasteiger partial charge in [-0.3, -0.25) is 62.9 Å². The molecule has 0 aliphatic carbocycles. The van der Waals surface area contributed by atoms with Crippen LogP contribution < -0.4 is 53.6 Å². The third-order valence-corrected chi connectivity index (χ3v) is 21.4. The van der Waals surface area contributed by atoms with Gasteiger partial charge in [-0.15, -0.1) is 0 Å². The van der Waals surface area contributed by atoms with Crippen LogP contribution in [0.2, 0.25) is 0 Å². The van der Waals surface area contributed by atoms with Crippen LogP contribution in [0.3, 0.4) is 0 Å². The van der Waals surface area contributed by atoms with Gasteiger partial charge in [0, 0.05) is 163 Å². The smallest absolute Gasteiger partial charge is 0.269 e. The Hall–Kier alpha value is -13.4. The quantitative estimate of drug-likeness (QED) is 0.0234. The van der Waals surface area contributed by atoms with Crippen molar-refractivity contribution in [2.24, 2.45) is 0 Å². The number of nitrogens with two attached hydrogens (primary N) is 1. The summed E-state index contributed by atoms with van der Waals surface area (Å²) in [6.07, 6.45) is 13.7. The zero-order valence-electron chi connectivity index (χ0n) is 65.3. The van der Waals surface area contributed by atoms with Crippen LogP contribution in [-0.2, 0) is 81.7 Å². The van der Waals surface area contributed by atoms with Crippen LogP contribution in [0.4, 0.5) is 62.6 Å². The fraction of sp³-hybridized carbons (Fsp3) is 0.314. The topological polar surface area (TPSA) is 410 Å². The molecule has 0 radical (unpaired) electrons. The molecular formula is C86H93N17O13. The molecule has 12 heterocycles. The van der Waals surface area contributed by atoms with Gasteiger partial charge in [0.2, 0.25) is 41.4 Å². The summed E-state index contributed by atoms with van der Waals surface area (Å²) < 4.78 is 0. The van der Waals surface area contributed by atoms with Gasteiger partial charge < -0.3 is 83.2 Å². The van der Waals surface area contributed by atoms with E-state index in [0.29, 0.717) is 70.1 Å². The van der Waals surface area contributed by atoms with Crippen molar-refractivity contribution < 1.29 is 57.7 Å². The molecule has 8 aromatic rings. The molecule has 6 aromatic carbocycles. The van der Waals surface area contributed by atoms with E-state index in [1.54, 1.807) is 60.7 Å². The molecule has 10 aliphatic rings. The summed E-state index contributed by atoms with van der Waals surface area (Å²) in [5.41, 5.74) is 26.0. The zero-order valence-corrected chi connectivity index (χ0v) is 65.3. The Bertz CT molecular complexity index is 5160. The lowest BCUT2D eigenvalue weighted by molar-refractivity contribution is -0.384. The highest BCUT2D eigenvalue weighted by molar-refractivity contribution is 6.36. The largest absolute Gasteiger partial charge is 0.399 e. The van der Waals surface area contributed by atoms with Crippen LogP contribution in [0.5, 0.6) is 0 Å². The second-order valence-electron chi connectivity index (χ2n) is 30.0. The normalized spacial score (nSPS) is 17.0. The molecule has 13 N–H and O–H groups in total. The Kier molecular flexibility index (Phi) is 24.9. The van der Waals surface area contributed by atoms with E-state index in [0.717, 1.165) is 187 Å². The summed E-state index contributed by atoms with van der Waals surface area (Å²) in [7, 11) is 0. The number of likely N-dealkylation sites (tertiary alicyclic amines) is 2. The van der Waals surface area contributed by atoms with Crippen molar-refractivity contribution in [2.75, 3.05) is 119 Å². The number of benzene rings is 6. The SMILES string of the molecule is CC(=O)Nc1ccc2c(c1)/C(=C/c1[nH]c3c(c1C)C(=O)N(CCN1CCCC1)CCC3)C(=O)N2.CC(=O)Nc1ccc2c(c1)/C(=C/c1[nH]c3c(c1C)C(=O)N(CCN1CCCC1)CCC3)C(=O)N2.CC(=O)Nc1ccc2c(c1)CC(=O)N2.Nc1ccc2c(c1)CC(=O)N2.O=C1Cc2cc([N+](=O)[O-])ccc2N1.O=C1Cc2ccccc2N1. The number of fused-ring (bicyclic) bond motifs is 8. The Labute approximate surface area is 669 Å². The predicted octanol–water partition coefficient (Wildman–Crippen LogP) is 10.7. The van der Waals surface area contributed by atoms with Crippen molar-refractivity contribution in [3.05, 3.63) is 204 Å². The van der Waals surface area contributed by atoms with Gasteiger partial charge in [-0.05, 0) is 222 Å².